The van der Waals surface area contributed by atoms with E-state index in [9.17, 15) is 9.90 Å². The fourth-order valence-electron chi connectivity index (χ4n) is 3.71. The van der Waals surface area contributed by atoms with Crippen LogP contribution in [0.15, 0.2) is 24.3 Å². The average Bonchev–Trinajstić information content (AvgIpc) is 2.51. The standard InChI is InChI=1S/C18H22N2O2/c1-5-11-12(6-2)20-15-14(19-11)16(21)17(3)10-8-7-9-13(17)18(15,4)22/h7-10,13,22H,5-6H2,1-4H3. The lowest BCUT2D eigenvalue weighted by Gasteiger charge is -2.46. The maximum absolute atomic E-state index is 13.0. The van der Waals surface area contributed by atoms with Gasteiger partial charge < -0.3 is 5.11 Å². The number of aromatic nitrogens is 2. The molecule has 1 N–H and O–H groups in total. The van der Waals surface area contributed by atoms with Gasteiger partial charge in [-0.25, -0.2) is 4.98 Å². The zero-order chi connectivity index (χ0) is 16.1. The first kappa shape index (κ1) is 15.1. The van der Waals surface area contributed by atoms with Crippen LogP contribution in [0.2, 0.25) is 0 Å². The van der Waals surface area contributed by atoms with Gasteiger partial charge in [-0.15, -0.1) is 0 Å². The number of carbonyl (C=O) groups is 1. The number of aliphatic hydroxyl groups is 1. The van der Waals surface area contributed by atoms with Crippen LogP contribution in [0.1, 0.15) is 55.3 Å². The summed E-state index contributed by atoms with van der Waals surface area (Å²) in [6.45, 7) is 7.64. The molecular weight excluding hydrogens is 276 g/mol. The third-order valence-electron chi connectivity index (χ3n) is 5.01. The summed E-state index contributed by atoms with van der Waals surface area (Å²) in [5.74, 6) is -0.374. The van der Waals surface area contributed by atoms with Gasteiger partial charge in [0.05, 0.1) is 16.8 Å². The quantitative estimate of drug-likeness (QED) is 0.912. The second-order valence-corrected chi connectivity index (χ2v) is 6.50. The number of aryl methyl sites for hydroxylation is 2. The Hall–Kier alpha value is -1.81. The van der Waals surface area contributed by atoms with E-state index in [1.165, 1.54) is 0 Å². The van der Waals surface area contributed by atoms with Crippen LogP contribution in [0.3, 0.4) is 0 Å². The minimum Gasteiger partial charge on any atom is -0.383 e. The Labute approximate surface area is 131 Å². The van der Waals surface area contributed by atoms with Crippen molar-refractivity contribution in [3.8, 4) is 0 Å². The highest BCUT2D eigenvalue weighted by atomic mass is 16.3. The number of carbonyl (C=O) groups excluding carboxylic acids is 1. The molecule has 1 heterocycles. The predicted molar refractivity (Wildman–Crippen MR) is 84.6 cm³/mol. The third-order valence-corrected chi connectivity index (χ3v) is 5.01. The minimum absolute atomic E-state index is 0.0514. The van der Waals surface area contributed by atoms with Crippen molar-refractivity contribution in [2.75, 3.05) is 0 Å². The van der Waals surface area contributed by atoms with E-state index in [4.69, 9.17) is 0 Å². The number of nitrogens with zero attached hydrogens (tertiary/aromatic N) is 2. The van der Waals surface area contributed by atoms with Gasteiger partial charge in [0.15, 0.2) is 5.78 Å². The van der Waals surface area contributed by atoms with E-state index >= 15 is 0 Å². The lowest BCUT2D eigenvalue weighted by Crippen LogP contribution is -2.52. The van der Waals surface area contributed by atoms with Crippen LogP contribution < -0.4 is 0 Å². The third kappa shape index (κ3) is 1.83. The molecule has 116 valence electrons. The number of hydrogen-bond donors (Lipinski definition) is 1. The number of ketones is 1. The van der Waals surface area contributed by atoms with Gasteiger partial charge in [0.1, 0.15) is 17.0 Å². The zero-order valence-electron chi connectivity index (χ0n) is 13.6. The Morgan fingerprint density at radius 1 is 1.14 bits per heavy atom. The molecule has 0 fully saturated rings. The van der Waals surface area contributed by atoms with E-state index in [0.717, 1.165) is 24.2 Å². The molecule has 0 aliphatic heterocycles. The van der Waals surface area contributed by atoms with Crippen molar-refractivity contribution in [2.45, 2.75) is 46.1 Å². The molecule has 0 bridgehead atoms. The number of rotatable bonds is 2. The number of hydrogen-bond acceptors (Lipinski definition) is 4. The molecule has 3 atom stereocenters. The van der Waals surface area contributed by atoms with Crippen LogP contribution in [0.25, 0.3) is 0 Å². The fraction of sp³-hybridized carbons (Fsp3) is 0.500. The van der Waals surface area contributed by atoms with E-state index < -0.39 is 11.0 Å². The summed E-state index contributed by atoms with van der Waals surface area (Å²) < 4.78 is 0. The second kappa shape index (κ2) is 4.85. The molecule has 3 unspecified atom stereocenters. The molecule has 1 aromatic rings. The summed E-state index contributed by atoms with van der Waals surface area (Å²) in [7, 11) is 0. The van der Waals surface area contributed by atoms with E-state index in [2.05, 4.69) is 9.97 Å². The Morgan fingerprint density at radius 2 is 1.77 bits per heavy atom. The van der Waals surface area contributed by atoms with E-state index in [1.54, 1.807) is 6.92 Å². The van der Waals surface area contributed by atoms with Crippen LogP contribution in [0.4, 0.5) is 0 Å². The first-order valence-corrected chi connectivity index (χ1v) is 7.89. The Kier molecular flexibility index (Phi) is 3.33. The van der Waals surface area contributed by atoms with Crippen LogP contribution in [0.5, 0.6) is 0 Å². The molecule has 2 aliphatic carbocycles. The highest BCUT2D eigenvalue weighted by Gasteiger charge is 2.56. The number of Topliss-reactive ketones (excluding diaryl/α,β-unsaturated/α-hetero) is 1. The molecule has 0 amide bonds. The van der Waals surface area contributed by atoms with Gasteiger partial charge in [-0.1, -0.05) is 38.2 Å². The maximum Gasteiger partial charge on any atom is 0.193 e. The van der Waals surface area contributed by atoms with Crippen LogP contribution in [0, 0.1) is 11.3 Å². The van der Waals surface area contributed by atoms with E-state index in [-0.39, 0.29) is 11.7 Å². The Bertz CT molecular complexity index is 703. The van der Waals surface area contributed by atoms with Crippen molar-refractivity contribution in [3.05, 3.63) is 47.1 Å². The summed E-state index contributed by atoms with van der Waals surface area (Å²) in [6, 6.07) is 0. The first-order valence-electron chi connectivity index (χ1n) is 7.89. The maximum atomic E-state index is 13.0. The van der Waals surface area contributed by atoms with Gasteiger partial charge in [0.2, 0.25) is 0 Å². The zero-order valence-corrected chi connectivity index (χ0v) is 13.6. The molecule has 4 heteroatoms. The number of allylic oxidation sites excluding steroid dienone is 3. The molecule has 0 aromatic carbocycles. The van der Waals surface area contributed by atoms with Gasteiger partial charge in [-0.3, -0.25) is 9.78 Å². The largest absolute Gasteiger partial charge is 0.383 e. The monoisotopic (exact) mass is 298 g/mol. The molecule has 0 radical (unpaired) electrons. The predicted octanol–water partition coefficient (Wildman–Crippen LogP) is 2.75. The summed E-state index contributed by atoms with van der Waals surface area (Å²) in [6.07, 6.45) is 9.00. The molecular formula is C18H22N2O2. The van der Waals surface area contributed by atoms with Crippen molar-refractivity contribution >= 4 is 5.78 Å². The summed E-state index contributed by atoms with van der Waals surface area (Å²) in [5, 5.41) is 11.1. The van der Waals surface area contributed by atoms with Gasteiger partial charge in [-0.05, 0) is 26.7 Å². The van der Waals surface area contributed by atoms with Gasteiger partial charge in [0.25, 0.3) is 0 Å². The fourth-order valence-corrected chi connectivity index (χ4v) is 3.71. The molecule has 1 aromatic heterocycles. The van der Waals surface area contributed by atoms with Crippen molar-refractivity contribution in [2.24, 2.45) is 11.3 Å². The molecule has 4 nitrogen and oxygen atoms in total. The SMILES string of the molecule is CCc1nc2c(nc1CC)C(C)(O)C1C=CC=CC1(C)C2=O. The van der Waals surface area contributed by atoms with E-state index in [0.29, 0.717) is 11.4 Å². The van der Waals surface area contributed by atoms with Gasteiger partial charge >= 0.3 is 0 Å². The average molecular weight is 298 g/mol. The lowest BCUT2D eigenvalue weighted by molar-refractivity contribution is -0.0337. The molecule has 22 heavy (non-hydrogen) atoms. The molecule has 0 saturated carbocycles. The smallest absolute Gasteiger partial charge is 0.193 e. The first-order chi connectivity index (χ1) is 10.4. The van der Waals surface area contributed by atoms with Crippen molar-refractivity contribution in [3.63, 3.8) is 0 Å². The molecule has 2 aliphatic rings. The topological polar surface area (TPSA) is 63.1 Å². The molecule has 0 spiro atoms. The van der Waals surface area contributed by atoms with E-state index in [1.807, 2.05) is 45.1 Å². The highest BCUT2D eigenvalue weighted by molar-refractivity contribution is 6.03. The van der Waals surface area contributed by atoms with Crippen LogP contribution >= 0.6 is 0 Å². The van der Waals surface area contributed by atoms with Crippen molar-refractivity contribution in [1.82, 2.24) is 9.97 Å². The Morgan fingerprint density at radius 3 is 2.41 bits per heavy atom. The van der Waals surface area contributed by atoms with Crippen LogP contribution in [-0.4, -0.2) is 20.9 Å². The second-order valence-electron chi connectivity index (χ2n) is 6.50. The van der Waals surface area contributed by atoms with Gasteiger partial charge in [-0.2, -0.15) is 0 Å². The van der Waals surface area contributed by atoms with Crippen molar-refractivity contribution in [1.29, 1.82) is 0 Å². The number of fused-ring (bicyclic) bond motifs is 2. The van der Waals surface area contributed by atoms with Gasteiger partial charge in [0, 0.05) is 5.92 Å². The summed E-state index contributed by atoms with van der Waals surface area (Å²) in [5.41, 5.74) is 0.504. The summed E-state index contributed by atoms with van der Waals surface area (Å²) >= 11 is 0. The highest BCUT2D eigenvalue weighted by Crippen LogP contribution is 2.50. The molecule has 3 rings (SSSR count). The minimum atomic E-state index is -1.21. The summed E-state index contributed by atoms with van der Waals surface area (Å²) in [4.78, 5) is 22.3. The molecule has 0 saturated heterocycles. The Balaban J connectivity index is 2.30. The van der Waals surface area contributed by atoms with Crippen molar-refractivity contribution < 1.29 is 9.90 Å². The van der Waals surface area contributed by atoms with Crippen LogP contribution in [-0.2, 0) is 18.4 Å². The normalized spacial score (nSPS) is 32.8. The lowest BCUT2D eigenvalue weighted by atomic mass is 9.59.